The summed E-state index contributed by atoms with van der Waals surface area (Å²) in [7, 11) is 1.75. The molecule has 0 aliphatic rings. The molecular weight excluding hydrogens is 316 g/mol. The zero-order valence-electron chi connectivity index (χ0n) is 11.7. The van der Waals surface area contributed by atoms with Crippen LogP contribution in [0.25, 0.3) is 0 Å². The van der Waals surface area contributed by atoms with E-state index in [2.05, 4.69) is 26.4 Å². The molecular formula is C11H13F2N7OS. The fourth-order valence-electron chi connectivity index (χ4n) is 1.70. The van der Waals surface area contributed by atoms with Gasteiger partial charge in [-0.05, 0) is 25.2 Å². The monoisotopic (exact) mass is 329 g/mol. The minimum Gasteiger partial charge on any atom is -0.329 e. The Labute approximate surface area is 129 Å². The number of rotatable bonds is 3. The zero-order chi connectivity index (χ0) is 16.3. The summed E-state index contributed by atoms with van der Waals surface area (Å²) in [6, 6.07) is 1.17. The molecule has 0 saturated carbocycles. The Balaban J connectivity index is 1.92. The number of aromatic nitrogens is 4. The Hall–Kier alpha value is -2.56. The van der Waals surface area contributed by atoms with Gasteiger partial charge in [0.1, 0.15) is 5.69 Å². The number of aryl methyl sites for hydroxylation is 2. The Morgan fingerprint density at radius 3 is 2.73 bits per heavy atom. The molecule has 11 heteroatoms. The fourth-order valence-corrected chi connectivity index (χ4v) is 1.86. The van der Waals surface area contributed by atoms with Crippen LogP contribution < -0.4 is 16.2 Å². The lowest BCUT2D eigenvalue weighted by Crippen LogP contribution is -2.44. The van der Waals surface area contributed by atoms with Gasteiger partial charge >= 0.3 is 6.55 Å². The van der Waals surface area contributed by atoms with Crippen LogP contribution >= 0.6 is 12.2 Å². The molecule has 2 heterocycles. The van der Waals surface area contributed by atoms with E-state index in [9.17, 15) is 13.6 Å². The summed E-state index contributed by atoms with van der Waals surface area (Å²) in [4.78, 5) is 11.8. The van der Waals surface area contributed by atoms with Crippen molar-refractivity contribution >= 4 is 28.9 Å². The summed E-state index contributed by atoms with van der Waals surface area (Å²) in [5.74, 6) is -0.787. The predicted molar refractivity (Wildman–Crippen MR) is 78.2 cm³/mol. The molecule has 2 aromatic rings. The first-order chi connectivity index (χ1) is 10.4. The average molecular weight is 329 g/mol. The van der Waals surface area contributed by atoms with Gasteiger partial charge in [0.25, 0.3) is 5.91 Å². The number of carbonyl (C=O) groups excluding carboxylic acids is 1. The van der Waals surface area contributed by atoms with Gasteiger partial charge in [-0.2, -0.15) is 23.7 Å². The summed E-state index contributed by atoms with van der Waals surface area (Å²) in [6.45, 7) is -1.12. The Kier molecular flexibility index (Phi) is 4.65. The molecule has 8 nitrogen and oxygen atoms in total. The van der Waals surface area contributed by atoms with E-state index < -0.39 is 12.5 Å². The van der Waals surface area contributed by atoms with Crippen LogP contribution in [0.15, 0.2) is 18.5 Å². The molecule has 0 fully saturated rings. The van der Waals surface area contributed by atoms with Gasteiger partial charge in [-0.1, -0.05) is 0 Å². The standard InChI is InChI=1S/C11H13F2N7OS/c1-6-7(5-19(2)18-6)15-11(22)17-16-9(21)8-3-4-14-20(8)10(12)13/h3-5,10H,1-2H3,(H,16,21)(H2,15,17,22). The molecule has 2 aromatic heterocycles. The Morgan fingerprint density at radius 1 is 1.41 bits per heavy atom. The van der Waals surface area contributed by atoms with E-state index in [1.807, 2.05) is 0 Å². The molecule has 0 aromatic carbocycles. The smallest absolute Gasteiger partial charge is 0.329 e. The number of carbonyl (C=O) groups is 1. The fraction of sp³-hybridized carbons (Fsp3) is 0.273. The molecule has 1 amide bonds. The second-order valence-corrected chi connectivity index (χ2v) is 4.68. The van der Waals surface area contributed by atoms with Crippen molar-refractivity contribution in [3.63, 3.8) is 0 Å². The lowest BCUT2D eigenvalue weighted by atomic mass is 10.4. The molecule has 0 aliphatic carbocycles. The average Bonchev–Trinajstić information content (AvgIpc) is 3.03. The SMILES string of the molecule is Cc1nn(C)cc1NC(=S)NNC(=O)c1ccnn1C(F)F. The molecule has 0 bridgehead atoms. The number of nitrogens with one attached hydrogen (secondary N) is 3. The lowest BCUT2D eigenvalue weighted by Gasteiger charge is -2.11. The number of anilines is 1. The number of nitrogens with zero attached hydrogens (tertiary/aromatic N) is 4. The molecule has 0 saturated heterocycles. The summed E-state index contributed by atoms with van der Waals surface area (Å²) in [5.41, 5.74) is 5.72. The van der Waals surface area contributed by atoms with Crippen LogP contribution in [0.3, 0.4) is 0 Å². The molecule has 2 rings (SSSR count). The van der Waals surface area contributed by atoms with Gasteiger partial charge in [0, 0.05) is 19.4 Å². The van der Waals surface area contributed by atoms with Crippen molar-refractivity contribution in [3.8, 4) is 0 Å². The Bertz CT molecular complexity index is 696. The number of amides is 1. The van der Waals surface area contributed by atoms with Crippen LogP contribution in [0.2, 0.25) is 0 Å². The predicted octanol–water partition coefficient (Wildman–Crippen LogP) is 0.952. The van der Waals surface area contributed by atoms with Crippen molar-refractivity contribution in [2.45, 2.75) is 13.5 Å². The number of hydrogen-bond acceptors (Lipinski definition) is 4. The quantitative estimate of drug-likeness (QED) is 0.574. The maximum atomic E-state index is 12.6. The number of hydrogen-bond donors (Lipinski definition) is 3. The van der Waals surface area contributed by atoms with E-state index in [1.165, 1.54) is 6.07 Å². The normalized spacial score (nSPS) is 10.6. The Morgan fingerprint density at radius 2 is 2.14 bits per heavy atom. The van der Waals surface area contributed by atoms with Crippen LogP contribution in [0.1, 0.15) is 22.7 Å². The van der Waals surface area contributed by atoms with E-state index in [0.717, 1.165) is 6.20 Å². The van der Waals surface area contributed by atoms with Gasteiger partial charge in [0.15, 0.2) is 5.11 Å². The van der Waals surface area contributed by atoms with E-state index >= 15 is 0 Å². The van der Waals surface area contributed by atoms with Crippen molar-refractivity contribution in [1.29, 1.82) is 0 Å². The largest absolute Gasteiger partial charge is 0.333 e. The van der Waals surface area contributed by atoms with E-state index in [-0.39, 0.29) is 10.8 Å². The third kappa shape index (κ3) is 3.55. The van der Waals surface area contributed by atoms with Gasteiger partial charge in [0.05, 0.1) is 11.4 Å². The van der Waals surface area contributed by atoms with Crippen LogP contribution in [0.5, 0.6) is 0 Å². The molecule has 0 unspecified atom stereocenters. The van der Waals surface area contributed by atoms with Crippen molar-refractivity contribution in [3.05, 3.63) is 29.8 Å². The third-order valence-corrected chi connectivity index (χ3v) is 2.84. The highest BCUT2D eigenvalue weighted by Crippen LogP contribution is 2.12. The molecule has 118 valence electrons. The van der Waals surface area contributed by atoms with Crippen molar-refractivity contribution in [2.24, 2.45) is 7.05 Å². The molecule has 0 spiro atoms. The number of thiocarbonyl (C=S) groups is 1. The minimum absolute atomic E-state index is 0.0903. The third-order valence-electron chi connectivity index (χ3n) is 2.64. The first-order valence-electron chi connectivity index (χ1n) is 6.07. The first-order valence-corrected chi connectivity index (χ1v) is 6.48. The topological polar surface area (TPSA) is 88.8 Å². The first kappa shape index (κ1) is 15.8. The van der Waals surface area contributed by atoms with Crippen LogP contribution in [-0.2, 0) is 7.05 Å². The highest BCUT2D eigenvalue weighted by molar-refractivity contribution is 7.80. The number of halogens is 2. The van der Waals surface area contributed by atoms with Gasteiger partial charge in [-0.3, -0.25) is 20.3 Å². The van der Waals surface area contributed by atoms with Crippen LogP contribution in [0.4, 0.5) is 14.5 Å². The minimum atomic E-state index is -2.90. The van der Waals surface area contributed by atoms with Crippen LogP contribution in [0, 0.1) is 6.92 Å². The highest BCUT2D eigenvalue weighted by atomic mass is 32.1. The molecule has 0 aliphatic heterocycles. The molecule has 22 heavy (non-hydrogen) atoms. The summed E-state index contributed by atoms with van der Waals surface area (Å²) < 4.78 is 27.1. The van der Waals surface area contributed by atoms with E-state index in [4.69, 9.17) is 12.2 Å². The highest BCUT2D eigenvalue weighted by Gasteiger charge is 2.17. The van der Waals surface area contributed by atoms with E-state index in [1.54, 1.807) is 24.9 Å². The van der Waals surface area contributed by atoms with Crippen LogP contribution in [-0.4, -0.2) is 30.6 Å². The van der Waals surface area contributed by atoms with Crippen molar-refractivity contribution in [2.75, 3.05) is 5.32 Å². The molecule has 3 N–H and O–H groups in total. The van der Waals surface area contributed by atoms with Crippen molar-refractivity contribution in [1.82, 2.24) is 30.4 Å². The molecule has 0 atom stereocenters. The number of alkyl halides is 2. The van der Waals surface area contributed by atoms with Gasteiger partial charge < -0.3 is 5.32 Å². The number of hydrazine groups is 1. The van der Waals surface area contributed by atoms with Gasteiger partial charge in [0.2, 0.25) is 0 Å². The summed E-state index contributed by atoms with van der Waals surface area (Å²) >= 11 is 4.99. The summed E-state index contributed by atoms with van der Waals surface area (Å²) in [5, 5.41) is 10.4. The van der Waals surface area contributed by atoms with E-state index in [0.29, 0.717) is 16.1 Å². The van der Waals surface area contributed by atoms with Gasteiger partial charge in [-0.15, -0.1) is 0 Å². The second-order valence-electron chi connectivity index (χ2n) is 4.27. The molecule has 0 radical (unpaired) electrons. The van der Waals surface area contributed by atoms with Gasteiger partial charge in [-0.25, -0.2) is 0 Å². The van der Waals surface area contributed by atoms with Crippen molar-refractivity contribution < 1.29 is 13.6 Å². The zero-order valence-corrected chi connectivity index (χ0v) is 12.5. The maximum absolute atomic E-state index is 12.6. The maximum Gasteiger partial charge on any atom is 0.333 e. The lowest BCUT2D eigenvalue weighted by molar-refractivity contribution is 0.0508. The summed E-state index contributed by atoms with van der Waals surface area (Å²) in [6.07, 6.45) is 2.81. The second kappa shape index (κ2) is 6.47.